The third-order valence-electron chi connectivity index (χ3n) is 4.02. The molecule has 1 N–H and O–H groups in total. The first-order valence-corrected chi connectivity index (χ1v) is 6.35. The summed E-state index contributed by atoms with van der Waals surface area (Å²) in [4.78, 5) is 12.3. The maximum absolute atomic E-state index is 10.8. The van der Waals surface area contributed by atoms with Gasteiger partial charge in [0, 0.05) is 24.9 Å². The van der Waals surface area contributed by atoms with Crippen molar-refractivity contribution in [3.8, 4) is 0 Å². The second-order valence-corrected chi connectivity index (χ2v) is 5.17. The monoisotopic (exact) mass is 247 g/mol. The van der Waals surface area contributed by atoms with Crippen LogP contribution >= 0.6 is 0 Å². The van der Waals surface area contributed by atoms with Crippen molar-refractivity contribution in [3.05, 3.63) is 35.9 Å². The van der Waals surface area contributed by atoms with Crippen molar-refractivity contribution in [1.29, 1.82) is 0 Å². The molecule has 2 fully saturated rings. The first-order valence-electron chi connectivity index (χ1n) is 6.35. The van der Waals surface area contributed by atoms with Gasteiger partial charge in [-0.3, -0.25) is 0 Å². The lowest BCUT2D eigenvalue weighted by Crippen LogP contribution is -2.31. The van der Waals surface area contributed by atoms with Crippen molar-refractivity contribution in [2.24, 2.45) is 11.8 Å². The fourth-order valence-corrected chi connectivity index (χ4v) is 2.87. The summed E-state index contributed by atoms with van der Waals surface area (Å²) >= 11 is 0. The van der Waals surface area contributed by atoms with Crippen LogP contribution in [0.25, 0.3) is 0 Å². The third kappa shape index (κ3) is 1.97. The normalized spacial score (nSPS) is 30.9. The third-order valence-corrected chi connectivity index (χ3v) is 4.02. The van der Waals surface area contributed by atoms with E-state index in [1.165, 1.54) is 10.5 Å². The molecule has 4 atom stereocenters. The SMILES string of the molecule is CC(O[C@H]1[C@@H]2CN(C(=O)O)C[C@@H]21)c1ccccc1. The summed E-state index contributed by atoms with van der Waals surface area (Å²) in [5.74, 6) is 0.819. The minimum atomic E-state index is -0.808. The van der Waals surface area contributed by atoms with Gasteiger partial charge in [-0.25, -0.2) is 4.79 Å². The van der Waals surface area contributed by atoms with Crippen molar-refractivity contribution in [2.75, 3.05) is 13.1 Å². The van der Waals surface area contributed by atoms with Gasteiger partial charge in [-0.15, -0.1) is 0 Å². The number of carboxylic acid groups (broad SMARTS) is 1. The van der Waals surface area contributed by atoms with Crippen LogP contribution in [0.1, 0.15) is 18.6 Å². The molecule has 1 heterocycles. The molecule has 0 radical (unpaired) electrons. The van der Waals surface area contributed by atoms with Gasteiger partial charge >= 0.3 is 6.09 Å². The van der Waals surface area contributed by atoms with E-state index in [0.717, 1.165) is 0 Å². The standard InChI is InChI=1S/C14H17NO3/c1-9(10-5-3-2-4-6-10)18-13-11-7-15(14(16)17)8-12(11)13/h2-6,9,11-13H,7-8H2,1H3,(H,16,17)/t9?,11-,12+,13+. The molecule has 1 unspecified atom stereocenters. The smallest absolute Gasteiger partial charge is 0.407 e. The molecule has 0 spiro atoms. The van der Waals surface area contributed by atoms with Gasteiger partial charge < -0.3 is 14.7 Å². The highest BCUT2D eigenvalue weighted by Gasteiger charge is 2.58. The molecule has 96 valence electrons. The van der Waals surface area contributed by atoms with Gasteiger partial charge in [-0.05, 0) is 12.5 Å². The van der Waals surface area contributed by atoms with Crippen molar-refractivity contribution in [1.82, 2.24) is 4.90 Å². The van der Waals surface area contributed by atoms with E-state index in [2.05, 4.69) is 19.1 Å². The molecule has 1 saturated carbocycles. The number of benzene rings is 1. The molecule has 1 aliphatic heterocycles. The number of nitrogens with zero attached hydrogens (tertiary/aromatic N) is 1. The highest BCUT2D eigenvalue weighted by atomic mass is 16.5. The van der Waals surface area contributed by atoms with Crippen LogP contribution in [0.3, 0.4) is 0 Å². The summed E-state index contributed by atoms with van der Waals surface area (Å²) in [6, 6.07) is 10.1. The van der Waals surface area contributed by atoms with Crippen LogP contribution in [-0.4, -0.2) is 35.3 Å². The minimum absolute atomic E-state index is 0.0834. The summed E-state index contributed by atoms with van der Waals surface area (Å²) in [6.45, 7) is 3.32. The van der Waals surface area contributed by atoms with Gasteiger partial charge in [0.25, 0.3) is 0 Å². The first kappa shape index (κ1) is 11.5. The molecule has 0 aromatic heterocycles. The number of piperidine rings is 1. The molecule has 4 heteroatoms. The van der Waals surface area contributed by atoms with Crippen molar-refractivity contribution < 1.29 is 14.6 Å². The van der Waals surface area contributed by atoms with E-state index >= 15 is 0 Å². The summed E-state index contributed by atoms with van der Waals surface area (Å²) in [7, 11) is 0. The summed E-state index contributed by atoms with van der Waals surface area (Å²) in [6.07, 6.45) is -0.479. The van der Waals surface area contributed by atoms with Gasteiger partial charge in [0.05, 0.1) is 12.2 Å². The summed E-state index contributed by atoms with van der Waals surface area (Å²) in [5, 5.41) is 8.88. The predicted octanol–water partition coefficient (Wildman–Crippen LogP) is 2.37. The maximum atomic E-state index is 10.8. The van der Waals surface area contributed by atoms with Crippen LogP contribution in [-0.2, 0) is 4.74 Å². The molecule has 1 saturated heterocycles. The Labute approximate surface area is 106 Å². The Balaban J connectivity index is 1.54. The van der Waals surface area contributed by atoms with Crippen LogP contribution in [0.4, 0.5) is 4.79 Å². The van der Waals surface area contributed by atoms with Crippen molar-refractivity contribution in [3.63, 3.8) is 0 Å². The van der Waals surface area contributed by atoms with Crippen LogP contribution < -0.4 is 0 Å². The van der Waals surface area contributed by atoms with Crippen LogP contribution in [0.2, 0.25) is 0 Å². The van der Waals surface area contributed by atoms with E-state index in [4.69, 9.17) is 9.84 Å². The number of fused-ring (bicyclic) bond motifs is 1. The molecule has 2 aliphatic rings. The highest BCUT2D eigenvalue weighted by molar-refractivity contribution is 5.65. The Bertz CT molecular complexity index is 436. The molecular formula is C14H17NO3. The zero-order chi connectivity index (χ0) is 12.7. The molecule has 0 bridgehead atoms. The molecule has 3 rings (SSSR count). The lowest BCUT2D eigenvalue weighted by molar-refractivity contribution is 0.0253. The highest BCUT2D eigenvalue weighted by Crippen LogP contribution is 2.49. The number of amides is 1. The Kier molecular flexibility index (Phi) is 2.74. The minimum Gasteiger partial charge on any atom is -0.465 e. The van der Waals surface area contributed by atoms with E-state index < -0.39 is 6.09 Å². The Morgan fingerprint density at radius 3 is 2.50 bits per heavy atom. The molecule has 1 aromatic carbocycles. The lowest BCUT2D eigenvalue weighted by atomic mass is 10.1. The lowest BCUT2D eigenvalue weighted by Gasteiger charge is -2.19. The fraction of sp³-hybridized carbons (Fsp3) is 0.500. The Morgan fingerprint density at radius 2 is 1.94 bits per heavy atom. The number of carbonyl (C=O) groups is 1. The van der Waals surface area contributed by atoms with Gasteiger partial charge in [-0.2, -0.15) is 0 Å². The Hall–Kier alpha value is -1.55. The summed E-state index contributed by atoms with van der Waals surface area (Å²) in [5.41, 5.74) is 1.18. The zero-order valence-corrected chi connectivity index (χ0v) is 10.3. The van der Waals surface area contributed by atoms with Gasteiger partial charge in [0.2, 0.25) is 0 Å². The molecule has 1 aliphatic carbocycles. The molecule has 1 aromatic rings. The largest absolute Gasteiger partial charge is 0.465 e. The van der Waals surface area contributed by atoms with E-state index in [-0.39, 0.29) is 12.2 Å². The number of hydrogen-bond acceptors (Lipinski definition) is 2. The first-order chi connectivity index (χ1) is 8.66. The zero-order valence-electron chi connectivity index (χ0n) is 10.3. The van der Waals surface area contributed by atoms with Crippen LogP contribution in [0.5, 0.6) is 0 Å². The average Bonchev–Trinajstić information content (AvgIpc) is 2.84. The van der Waals surface area contributed by atoms with Crippen molar-refractivity contribution >= 4 is 6.09 Å². The average molecular weight is 247 g/mol. The number of hydrogen-bond donors (Lipinski definition) is 1. The van der Waals surface area contributed by atoms with Crippen LogP contribution in [0.15, 0.2) is 30.3 Å². The van der Waals surface area contributed by atoms with E-state index in [1.807, 2.05) is 18.2 Å². The second kappa shape index (κ2) is 4.28. The molecule has 4 nitrogen and oxygen atoms in total. The Morgan fingerprint density at radius 1 is 1.33 bits per heavy atom. The number of ether oxygens (including phenoxy) is 1. The quantitative estimate of drug-likeness (QED) is 0.892. The second-order valence-electron chi connectivity index (χ2n) is 5.17. The predicted molar refractivity (Wildman–Crippen MR) is 66.3 cm³/mol. The van der Waals surface area contributed by atoms with E-state index in [1.54, 1.807) is 0 Å². The van der Waals surface area contributed by atoms with Crippen molar-refractivity contribution in [2.45, 2.75) is 19.1 Å². The summed E-state index contributed by atoms with van der Waals surface area (Å²) < 4.78 is 6.02. The maximum Gasteiger partial charge on any atom is 0.407 e. The topological polar surface area (TPSA) is 49.8 Å². The fourth-order valence-electron chi connectivity index (χ4n) is 2.87. The molecule has 1 amide bonds. The number of likely N-dealkylation sites (tertiary alicyclic amines) is 1. The van der Waals surface area contributed by atoms with E-state index in [9.17, 15) is 4.79 Å². The van der Waals surface area contributed by atoms with Gasteiger partial charge in [-0.1, -0.05) is 30.3 Å². The van der Waals surface area contributed by atoms with Gasteiger partial charge in [0.1, 0.15) is 0 Å². The van der Waals surface area contributed by atoms with Crippen LogP contribution in [0, 0.1) is 11.8 Å². The van der Waals surface area contributed by atoms with Gasteiger partial charge in [0.15, 0.2) is 0 Å². The number of rotatable bonds is 3. The van der Waals surface area contributed by atoms with E-state index in [0.29, 0.717) is 24.9 Å². The molecular weight excluding hydrogens is 230 g/mol. The molecule has 18 heavy (non-hydrogen) atoms.